The third-order valence-electron chi connectivity index (χ3n) is 3.00. The number of hydrogen-bond acceptors (Lipinski definition) is 3. The van der Waals surface area contributed by atoms with Crippen molar-refractivity contribution in [1.29, 1.82) is 0 Å². The molecule has 23 heavy (non-hydrogen) atoms. The largest absolute Gasteiger partial charge is 0.462 e. The molecule has 0 spiro atoms. The number of para-hydroxylation sites is 1. The highest BCUT2D eigenvalue weighted by Crippen LogP contribution is 2.18. The van der Waals surface area contributed by atoms with Crippen LogP contribution >= 0.6 is 11.6 Å². The van der Waals surface area contributed by atoms with Gasteiger partial charge in [-0.15, -0.1) is 0 Å². The molecule has 0 bridgehead atoms. The van der Waals surface area contributed by atoms with Gasteiger partial charge in [-0.25, -0.2) is 4.79 Å². The minimum atomic E-state index is -0.474. The first-order valence-electron chi connectivity index (χ1n) is 7.11. The molecule has 0 aliphatic rings. The number of anilines is 1. The van der Waals surface area contributed by atoms with E-state index in [9.17, 15) is 9.59 Å². The molecule has 4 nitrogen and oxygen atoms in total. The van der Waals surface area contributed by atoms with Gasteiger partial charge in [0.15, 0.2) is 0 Å². The predicted molar refractivity (Wildman–Crippen MR) is 91.5 cm³/mol. The Labute approximate surface area is 139 Å². The lowest BCUT2D eigenvalue weighted by atomic mass is 10.1. The molecule has 0 saturated carbocycles. The summed E-state index contributed by atoms with van der Waals surface area (Å²) in [5.41, 5.74) is 1.46. The molecule has 0 fully saturated rings. The number of halogens is 1. The van der Waals surface area contributed by atoms with E-state index >= 15 is 0 Å². The van der Waals surface area contributed by atoms with Gasteiger partial charge in [-0.1, -0.05) is 41.9 Å². The number of benzene rings is 2. The summed E-state index contributed by atoms with van der Waals surface area (Å²) >= 11 is 6.03. The SMILES string of the molecule is CCOC(=O)c1ccccc1NC(=O)/C=C/c1ccccc1Cl. The topological polar surface area (TPSA) is 55.4 Å². The van der Waals surface area contributed by atoms with Crippen molar-refractivity contribution in [2.24, 2.45) is 0 Å². The van der Waals surface area contributed by atoms with Crippen LogP contribution in [0, 0.1) is 0 Å². The van der Waals surface area contributed by atoms with Crippen molar-refractivity contribution in [3.8, 4) is 0 Å². The summed E-state index contributed by atoms with van der Waals surface area (Å²) in [5.74, 6) is -0.833. The van der Waals surface area contributed by atoms with E-state index in [4.69, 9.17) is 16.3 Å². The van der Waals surface area contributed by atoms with Gasteiger partial charge in [0.05, 0.1) is 17.9 Å². The molecular weight excluding hydrogens is 314 g/mol. The van der Waals surface area contributed by atoms with E-state index in [0.717, 1.165) is 5.56 Å². The highest BCUT2D eigenvalue weighted by atomic mass is 35.5. The Morgan fingerprint density at radius 1 is 1.13 bits per heavy atom. The molecule has 0 radical (unpaired) electrons. The van der Waals surface area contributed by atoms with Gasteiger partial charge < -0.3 is 10.1 Å². The lowest BCUT2D eigenvalue weighted by Crippen LogP contribution is -2.13. The van der Waals surface area contributed by atoms with Gasteiger partial charge in [0.25, 0.3) is 0 Å². The molecule has 1 amide bonds. The van der Waals surface area contributed by atoms with E-state index in [1.54, 1.807) is 49.4 Å². The summed E-state index contributed by atoms with van der Waals surface area (Å²) in [4.78, 5) is 23.9. The second-order valence-electron chi connectivity index (χ2n) is 4.61. The van der Waals surface area contributed by atoms with Crippen LogP contribution in [0.15, 0.2) is 54.6 Å². The Bertz CT molecular complexity index is 741. The van der Waals surface area contributed by atoms with Crippen molar-refractivity contribution in [3.63, 3.8) is 0 Å². The molecule has 0 aliphatic heterocycles. The molecular formula is C18H16ClNO3. The first kappa shape index (κ1) is 16.8. The molecule has 0 heterocycles. The molecule has 0 unspecified atom stereocenters. The molecule has 0 aliphatic carbocycles. The Morgan fingerprint density at radius 3 is 2.57 bits per heavy atom. The molecule has 5 heteroatoms. The van der Waals surface area contributed by atoms with Crippen LogP contribution in [0.2, 0.25) is 5.02 Å². The van der Waals surface area contributed by atoms with Crippen LogP contribution in [0.3, 0.4) is 0 Å². The second kappa shape index (κ2) is 8.15. The summed E-state index contributed by atoms with van der Waals surface area (Å²) in [7, 11) is 0. The van der Waals surface area contributed by atoms with Crippen molar-refractivity contribution in [2.45, 2.75) is 6.92 Å². The average Bonchev–Trinajstić information content (AvgIpc) is 2.55. The maximum Gasteiger partial charge on any atom is 0.340 e. The van der Waals surface area contributed by atoms with E-state index in [1.165, 1.54) is 6.08 Å². The van der Waals surface area contributed by atoms with Gasteiger partial charge in [-0.2, -0.15) is 0 Å². The molecule has 2 aromatic rings. The molecule has 0 aromatic heterocycles. The zero-order valence-corrected chi connectivity index (χ0v) is 13.3. The van der Waals surface area contributed by atoms with Crippen LogP contribution in [-0.4, -0.2) is 18.5 Å². The van der Waals surface area contributed by atoms with E-state index < -0.39 is 5.97 Å². The zero-order chi connectivity index (χ0) is 16.7. The van der Waals surface area contributed by atoms with E-state index in [-0.39, 0.29) is 12.5 Å². The summed E-state index contributed by atoms with van der Waals surface area (Å²) in [6.45, 7) is 2.00. The number of hydrogen-bond donors (Lipinski definition) is 1. The summed E-state index contributed by atoms with van der Waals surface area (Å²) < 4.78 is 4.97. The normalized spacial score (nSPS) is 10.5. The number of esters is 1. The zero-order valence-electron chi connectivity index (χ0n) is 12.6. The Kier molecular flexibility index (Phi) is 5.94. The number of amides is 1. The highest BCUT2D eigenvalue weighted by molar-refractivity contribution is 6.32. The molecule has 2 aromatic carbocycles. The molecule has 118 valence electrons. The molecule has 2 rings (SSSR count). The molecule has 0 saturated heterocycles. The number of rotatable bonds is 5. The van der Waals surface area contributed by atoms with Crippen LogP contribution in [0.5, 0.6) is 0 Å². The average molecular weight is 330 g/mol. The fourth-order valence-corrected chi connectivity index (χ4v) is 2.13. The maximum absolute atomic E-state index is 12.0. The van der Waals surface area contributed by atoms with Crippen LogP contribution < -0.4 is 5.32 Å². The van der Waals surface area contributed by atoms with E-state index in [1.807, 2.05) is 12.1 Å². The lowest BCUT2D eigenvalue weighted by molar-refractivity contribution is -0.111. The number of carbonyl (C=O) groups is 2. The number of nitrogens with one attached hydrogen (secondary N) is 1. The smallest absolute Gasteiger partial charge is 0.340 e. The van der Waals surface area contributed by atoms with Crippen LogP contribution in [0.4, 0.5) is 5.69 Å². The van der Waals surface area contributed by atoms with Crippen molar-refractivity contribution < 1.29 is 14.3 Å². The highest BCUT2D eigenvalue weighted by Gasteiger charge is 2.12. The lowest BCUT2D eigenvalue weighted by Gasteiger charge is -2.08. The third kappa shape index (κ3) is 4.69. The monoisotopic (exact) mass is 329 g/mol. The van der Waals surface area contributed by atoms with Crippen molar-refractivity contribution in [1.82, 2.24) is 0 Å². The standard InChI is InChI=1S/C18H16ClNO3/c1-2-23-18(22)14-8-4-6-10-16(14)20-17(21)12-11-13-7-3-5-9-15(13)19/h3-12H,2H2,1H3,(H,20,21)/b12-11+. The summed E-state index contributed by atoms with van der Waals surface area (Å²) in [6, 6.07) is 13.9. The first-order valence-corrected chi connectivity index (χ1v) is 7.49. The predicted octanol–water partition coefficient (Wildman–Crippen LogP) is 4.17. The van der Waals surface area contributed by atoms with Gasteiger partial charge >= 0.3 is 5.97 Å². The van der Waals surface area contributed by atoms with Crippen molar-refractivity contribution in [2.75, 3.05) is 11.9 Å². The van der Waals surface area contributed by atoms with Crippen molar-refractivity contribution >= 4 is 35.2 Å². The Hall–Kier alpha value is -2.59. The number of carbonyl (C=O) groups excluding carboxylic acids is 2. The molecule has 1 N–H and O–H groups in total. The second-order valence-corrected chi connectivity index (χ2v) is 5.02. The Balaban J connectivity index is 2.12. The van der Waals surface area contributed by atoms with Gasteiger partial charge in [0.1, 0.15) is 0 Å². The van der Waals surface area contributed by atoms with Gasteiger partial charge in [-0.05, 0) is 36.8 Å². The Morgan fingerprint density at radius 2 is 1.83 bits per heavy atom. The van der Waals surface area contributed by atoms with Crippen molar-refractivity contribution in [3.05, 3.63) is 70.8 Å². The fourth-order valence-electron chi connectivity index (χ4n) is 1.93. The van der Waals surface area contributed by atoms with Crippen LogP contribution in [0.1, 0.15) is 22.8 Å². The fraction of sp³-hybridized carbons (Fsp3) is 0.111. The maximum atomic E-state index is 12.0. The quantitative estimate of drug-likeness (QED) is 0.661. The first-order chi connectivity index (χ1) is 11.1. The van der Waals surface area contributed by atoms with Gasteiger partial charge in [0.2, 0.25) is 5.91 Å². The molecule has 0 atom stereocenters. The van der Waals surface area contributed by atoms with Crippen LogP contribution in [-0.2, 0) is 9.53 Å². The van der Waals surface area contributed by atoms with Crippen LogP contribution in [0.25, 0.3) is 6.08 Å². The van der Waals surface area contributed by atoms with Gasteiger partial charge in [0, 0.05) is 11.1 Å². The minimum absolute atomic E-state index is 0.271. The number of ether oxygens (including phenoxy) is 1. The van der Waals surface area contributed by atoms with Gasteiger partial charge in [-0.3, -0.25) is 4.79 Å². The minimum Gasteiger partial charge on any atom is -0.462 e. The summed E-state index contributed by atoms with van der Waals surface area (Å²) in [5, 5.41) is 3.23. The summed E-state index contributed by atoms with van der Waals surface area (Å²) in [6.07, 6.45) is 2.98. The third-order valence-corrected chi connectivity index (χ3v) is 3.34. The van der Waals surface area contributed by atoms with E-state index in [2.05, 4.69) is 5.32 Å². The van der Waals surface area contributed by atoms with E-state index in [0.29, 0.717) is 16.3 Å².